The third-order valence-corrected chi connectivity index (χ3v) is 4.34. The fraction of sp³-hybridized carbons (Fsp3) is 0.200. The third-order valence-electron chi connectivity index (χ3n) is 3.06. The molecule has 3 nitrogen and oxygen atoms in total. The van der Waals surface area contributed by atoms with Crippen molar-refractivity contribution in [3.05, 3.63) is 50.7 Å². The maximum atomic E-state index is 13.9. The molecule has 0 aromatic heterocycles. The zero-order valence-corrected chi connectivity index (χ0v) is 14.6. The summed E-state index contributed by atoms with van der Waals surface area (Å²) in [7, 11) is 1.58. The average Bonchev–Trinajstić information content (AvgIpc) is 2.41. The standard InChI is InChI=1S/C15H14Br2FNO2/c1-8(10-4-3-9(20)5-13(10)18)19-14-7-15(21-2)12(17)6-11(14)16/h3-8,19-20H,1-2H3. The van der Waals surface area contributed by atoms with Crippen LogP contribution in [-0.4, -0.2) is 12.2 Å². The van der Waals surface area contributed by atoms with Crippen LogP contribution in [0.1, 0.15) is 18.5 Å². The predicted molar refractivity (Wildman–Crippen MR) is 88.5 cm³/mol. The van der Waals surface area contributed by atoms with Crippen molar-refractivity contribution in [3.63, 3.8) is 0 Å². The zero-order valence-electron chi connectivity index (χ0n) is 11.5. The molecule has 0 aliphatic rings. The molecular formula is C15H14Br2FNO2. The molecule has 1 unspecified atom stereocenters. The Morgan fingerprint density at radius 2 is 1.90 bits per heavy atom. The molecule has 0 spiro atoms. The van der Waals surface area contributed by atoms with Gasteiger partial charge in [0.05, 0.1) is 23.3 Å². The first-order chi connectivity index (χ1) is 9.92. The van der Waals surface area contributed by atoms with E-state index >= 15 is 0 Å². The van der Waals surface area contributed by atoms with Gasteiger partial charge in [0.15, 0.2) is 0 Å². The maximum absolute atomic E-state index is 13.9. The molecule has 2 N–H and O–H groups in total. The fourth-order valence-corrected chi connectivity index (χ4v) is 3.24. The van der Waals surface area contributed by atoms with E-state index in [2.05, 4.69) is 37.2 Å². The van der Waals surface area contributed by atoms with Crippen LogP contribution >= 0.6 is 31.9 Å². The lowest BCUT2D eigenvalue weighted by atomic mass is 10.1. The Balaban J connectivity index is 2.29. The van der Waals surface area contributed by atoms with Gasteiger partial charge in [0.1, 0.15) is 17.3 Å². The van der Waals surface area contributed by atoms with E-state index in [0.717, 1.165) is 20.7 Å². The zero-order chi connectivity index (χ0) is 15.6. The van der Waals surface area contributed by atoms with E-state index in [9.17, 15) is 9.50 Å². The lowest BCUT2D eigenvalue weighted by molar-refractivity contribution is 0.412. The van der Waals surface area contributed by atoms with Crippen molar-refractivity contribution in [2.75, 3.05) is 12.4 Å². The molecule has 1 atom stereocenters. The van der Waals surface area contributed by atoms with Gasteiger partial charge in [-0.1, -0.05) is 6.07 Å². The molecule has 0 saturated heterocycles. The van der Waals surface area contributed by atoms with Gasteiger partial charge in [0.2, 0.25) is 0 Å². The number of nitrogens with one attached hydrogen (secondary N) is 1. The second kappa shape index (κ2) is 6.66. The minimum Gasteiger partial charge on any atom is -0.508 e. The second-order valence-corrected chi connectivity index (χ2v) is 6.25. The van der Waals surface area contributed by atoms with E-state index in [4.69, 9.17) is 4.74 Å². The van der Waals surface area contributed by atoms with Gasteiger partial charge in [0.25, 0.3) is 0 Å². The van der Waals surface area contributed by atoms with Gasteiger partial charge in [-0.3, -0.25) is 0 Å². The number of benzene rings is 2. The van der Waals surface area contributed by atoms with Crippen LogP contribution in [0.5, 0.6) is 11.5 Å². The van der Waals surface area contributed by atoms with E-state index < -0.39 is 5.82 Å². The average molecular weight is 419 g/mol. The molecule has 0 heterocycles. The summed E-state index contributed by atoms with van der Waals surface area (Å²) in [6.07, 6.45) is 0. The van der Waals surface area contributed by atoms with Crippen LogP contribution in [-0.2, 0) is 0 Å². The van der Waals surface area contributed by atoms with Crippen molar-refractivity contribution in [3.8, 4) is 11.5 Å². The quantitative estimate of drug-likeness (QED) is 0.713. The lowest BCUT2D eigenvalue weighted by Crippen LogP contribution is -2.09. The molecule has 0 saturated carbocycles. The Bertz CT molecular complexity index is 664. The van der Waals surface area contributed by atoms with E-state index in [1.807, 2.05) is 19.1 Å². The summed E-state index contributed by atoms with van der Waals surface area (Å²) in [5, 5.41) is 12.5. The molecule has 0 fully saturated rings. The van der Waals surface area contributed by atoms with Gasteiger partial charge in [-0.15, -0.1) is 0 Å². The Hall–Kier alpha value is -1.27. The molecule has 0 aliphatic heterocycles. The number of hydrogen-bond acceptors (Lipinski definition) is 3. The van der Waals surface area contributed by atoms with E-state index in [1.54, 1.807) is 13.2 Å². The van der Waals surface area contributed by atoms with Crippen LogP contribution in [0.15, 0.2) is 39.3 Å². The van der Waals surface area contributed by atoms with Crippen molar-refractivity contribution < 1.29 is 14.2 Å². The normalized spacial score (nSPS) is 12.0. The van der Waals surface area contributed by atoms with Crippen LogP contribution in [0.2, 0.25) is 0 Å². The number of rotatable bonds is 4. The largest absolute Gasteiger partial charge is 0.508 e. The number of methoxy groups -OCH3 is 1. The van der Waals surface area contributed by atoms with Gasteiger partial charge in [-0.25, -0.2) is 4.39 Å². The monoisotopic (exact) mass is 417 g/mol. The molecule has 0 aliphatic carbocycles. The van der Waals surface area contributed by atoms with Crippen molar-refractivity contribution in [2.45, 2.75) is 13.0 Å². The number of phenols is 1. The molecule has 2 aromatic rings. The minimum atomic E-state index is -0.449. The van der Waals surface area contributed by atoms with E-state index in [0.29, 0.717) is 11.3 Å². The molecule has 112 valence electrons. The highest BCUT2D eigenvalue weighted by Gasteiger charge is 2.14. The summed E-state index contributed by atoms with van der Waals surface area (Å²) in [5.74, 6) is 0.143. The summed E-state index contributed by atoms with van der Waals surface area (Å²) >= 11 is 6.86. The summed E-state index contributed by atoms with van der Waals surface area (Å²) < 4.78 is 20.8. The van der Waals surface area contributed by atoms with Crippen LogP contribution in [0, 0.1) is 5.82 Å². The van der Waals surface area contributed by atoms with Crippen molar-refractivity contribution in [1.82, 2.24) is 0 Å². The number of phenolic OH excluding ortho intramolecular Hbond substituents is 1. The number of aromatic hydroxyl groups is 1. The molecule has 21 heavy (non-hydrogen) atoms. The molecular weight excluding hydrogens is 405 g/mol. The summed E-state index contributed by atoms with van der Waals surface area (Å²) in [5.41, 5.74) is 1.26. The topological polar surface area (TPSA) is 41.5 Å². The first-order valence-electron chi connectivity index (χ1n) is 6.20. The first kappa shape index (κ1) is 16.1. The smallest absolute Gasteiger partial charge is 0.135 e. The van der Waals surface area contributed by atoms with Crippen molar-refractivity contribution in [2.24, 2.45) is 0 Å². The summed E-state index contributed by atoms with van der Waals surface area (Å²) in [6, 6.07) is 7.54. The molecule has 0 amide bonds. The molecule has 0 bridgehead atoms. The van der Waals surface area contributed by atoms with Gasteiger partial charge in [0, 0.05) is 22.2 Å². The summed E-state index contributed by atoms with van der Waals surface area (Å²) in [6.45, 7) is 1.84. The maximum Gasteiger partial charge on any atom is 0.135 e. The highest BCUT2D eigenvalue weighted by molar-refractivity contribution is 9.11. The third kappa shape index (κ3) is 3.68. The van der Waals surface area contributed by atoms with Gasteiger partial charge in [-0.2, -0.15) is 0 Å². The van der Waals surface area contributed by atoms with Crippen LogP contribution in [0.3, 0.4) is 0 Å². The Morgan fingerprint density at radius 3 is 2.52 bits per heavy atom. The highest BCUT2D eigenvalue weighted by atomic mass is 79.9. The predicted octanol–water partition coefficient (Wildman–Crippen LogP) is 5.24. The Kier molecular flexibility index (Phi) is 5.11. The number of halogens is 3. The highest BCUT2D eigenvalue weighted by Crippen LogP contribution is 2.36. The fourth-order valence-electron chi connectivity index (χ4n) is 1.97. The van der Waals surface area contributed by atoms with E-state index in [-0.39, 0.29) is 11.8 Å². The first-order valence-corrected chi connectivity index (χ1v) is 7.79. The summed E-state index contributed by atoms with van der Waals surface area (Å²) in [4.78, 5) is 0. The molecule has 2 rings (SSSR count). The SMILES string of the molecule is COc1cc(NC(C)c2ccc(O)cc2F)c(Br)cc1Br. The van der Waals surface area contributed by atoms with Crippen molar-refractivity contribution >= 4 is 37.5 Å². The van der Waals surface area contributed by atoms with Gasteiger partial charge >= 0.3 is 0 Å². The van der Waals surface area contributed by atoms with Gasteiger partial charge < -0.3 is 15.2 Å². The lowest BCUT2D eigenvalue weighted by Gasteiger charge is -2.19. The minimum absolute atomic E-state index is 0.0880. The number of hydrogen-bond donors (Lipinski definition) is 2. The molecule has 6 heteroatoms. The Labute approximate surface area is 139 Å². The number of ether oxygens (including phenoxy) is 1. The van der Waals surface area contributed by atoms with E-state index in [1.165, 1.54) is 6.07 Å². The van der Waals surface area contributed by atoms with Gasteiger partial charge in [-0.05, 0) is 50.9 Å². The van der Waals surface area contributed by atoms with Crippen LogP contribution < -0.4 is 10.1 Å². The molecule has 0 radical (unpaired) electrons. The number of anilines is 1. The van der Waals surface area contributed by atoms with Crippen LogP contribution in [0.25, 0.3) is 0 Å². The van der Waals surface area contributed by atoms with Crippen molar-refractivity contribution in [1.29, 1.82) is 0 Å². The second-order valence-electron chi connectivity index (χ2n) is 4.54. The Morgan fingerprint density at radius 1 is 1.19 bits per heavy atom. The molecule has 2 aromatic carbocycles. The van der Waals surface area contributed by atoms with Crippen LogP contribution in [0.4, 0.5) is 10.1 Å².